The lowest BCUT2D eigenvalue weighted by Gasteiger charge is -2.08. The monoisotopic (exact) mass is 309 g/mol. The number of hydrogen-bond donors (Lipinski definition) is 2. The Morgan fingerprint density at radius 1 is 1.09 bits per heavy atom. The zero-order valence-corrected chi connectivity index (χ0v) is 13.2. The van der Waals surface area contributed by atoms with Gasteiger partial charge in [-0.1, -0.05) is 18.2 Å². The minimum absolute atomic E-state index is 0.189. The van der Waals surface area contributed by atoms with Crippen molar-refractivity contribution in [1.29, 1.82) is 0 Å². The minimum atomic E-state index is -0.355. The molecule has 2 rings (SSSR count). The highest BCUT2D eigenvalue weighted by Gasteiger charge is 2.12. The van der Waals surface area contributed by atoms with E-state index in [0.717, 1.165) is 11.1 Å². The number of anilines is 1. The molecule has 0 aliphatic heterocycles. The molecular weight excluding hydrogens is 290 g/mol. The van der Waals surface area contributed by atoms with Crippen LogP contribution in [0, 0.1) is 13.8 Å². The Bertz CT molecular complexity index is 754. The Morgan fingerprint density at radius 2 is 1.78 bits per heavy atom. The van der Waals surface area contributed by atoms with Gasteiger partial charge < -0.3 is 10.6 Å². The summed E-state index contributed by atoms with van der Waals surface area (Å²) in [6.45, 7) is 7.87. The van der Waals surface area contributed by atoms with E-state index in [4.69, 9.17) is 0 Å². The van der Waals surface area contributed by atoms with Crippen molar-refractivity contribution in [2.75, 3.05) is 11.9 Å². The zero-order valence-electron chi connectivity index (χ0n) is 13.2. The van der Waals surface area contributed by atoms with Gasteiger partial charge in [0.2, 0.25) is 0 Å². The van der Waals surface area contributed by atoms with Gasteiger partial charge in [0.05, 0.1) is 0 Å². The first-order valence-electron chi connectivity index (χ1n) is 7.26. The first kappa shape index (κ1) is 16.4. The van der Waals surface area contributed by atoms with E-state index in [1.165, 1.54) is 0 Å². The van der Waals surface area contributed by atoms with E-state index in [2.05, 4.69) is 22.2 Å². The van der Waals surface area contributed by atoms with Crippen LogP contribution in [0.1, 0.15) is 32.1 Å². The topological polar surface area (TPSA) is 71.1 Å². The van der Waals surface area contributed by atoms with Crippen LogP contribution in [0.3, 0.4) is 0 Å². The van der Waals surface area contributed by atoms with E-state index in [1.807, 2.05) is 32.0 Å². The molecule has 1 heterocycles. The van der Waals surface area contributed by atoms with Gasteiger partial charge in [-0.25, -0.2) is 4.98 Å². The van der Waals surface area contributed by atoms with Crippen LogP contribution in [0.4, 0.5) is 5.69 Å². The van der Waals surface area contributed by atoms with Crippen molar-refractivity contribution >= 4 is 17.5 Å². The first-order valence-corrected chi connectivity index (χ1v) is 7.26. The Kier molecular flexibility index (Phi) is 5.25. The molecular formula is C18H19N3O2. The maximum absolute atomic E-state index is 12.3. The highest BCUT2D eigenvalue weighted by Crippen LogP contribution is 2.15. The summed E-state index contributed by atoms with van der Waals surface area (Å²) < 4.78 is 0. The number of carbonyl (C=O) groups is 2. The second-order valence-electron chi connectivity index (χ2n) is 5.16. The summed E-state index contributed by atoms with van der Waals surface area (Å²) in [7, 11) is 0. The van der Waals surface area contributed by atoms with Crippen LogP contribution in [0.2, 0.25) is 0 Å². The van der Waals surface area contributed by atoms with Crippen molar-refractivity contribution < 1.29 is 9.59 Å². The van der Waals surface area contributed by atoms with E-state index in [0.29, 0.717) is 12.2 Å². The molecule has 2 amide bonds. The standard InChI is InChI=1S/C18H19N3O2/c1-4-10-19-17(22)15-6-5-7-16(21-15)18(23)20-14-9-8-12(2)13(3)11-14/h4-9,11H,1,10H2,2-3H3,(H,19,22)(H,20,23). The fraction of sp³-hybridized carbons (Fsp3) is 0.167. The Morgan fingerprint density at radius 3 is 2.43 bits per heavy atom. The number of nitrogens with one attached hydrogen (secondary N) is 2. The second-order valence-corrected chi connectivity index (χ2v) is 5.16. The van der Waals surface area contributed by atoms with Crippen LogP contribution >= 0.6 is 0 Å². The molecule has 0 spiro atoms. The fourth-order valence-electron chi connectivity index (χ4n) is 1.96. The van der Waals surface area contributed by atoms with E-state index in [9.17, 15) is 9.59 Å². The summed E-state index contributed by atoms with van der Waals surface area (Å²) in [4.78, 5) is 28.2. The van der Waals surface area contributed by atoms with E-state index in [1.54, 1.807) is 24.3 Å². The first-order chi connectivity index (χ1) is 11.0. The Balaban J connectivity index is 2.14. The number of aryl methyl sites for hydroxylation is 2. The Labute approximate surface area is 135 Å². The lowest BCUT2D eigenvalue weighted by atomic mass is 10.1. The highest BCUT2D eigenvalue weighted by molar-refractivity contribution is 6.03. The average molecular weight is 309 g/mol. The molecule has 5 heteroatoms. The summed E-state index contributed by atoms with van der Waals surface area (Å²) in [6.07, 6.45) is 1.58. The molecule has 2 aromatic rings. The van der Waals surface area contributed by atoms with Crippen molar-refractivity contribution in [2.45, 2.75) is 13.8 Å². The largest absolute Gasteiger partial charge is 0.347 e. The molecule has 5 nitrogen and oxygen atoms in total. The van der Waals surface area contributed by atoms with Gasteiger partial charge in [0, 0.05) is 12.2 Å². The highest BCUT2D eigenvalue weighted by atomic mass is 16.2. The van der Waals surface area contributed by atoms with Crippen LogP contribution in [-0.2, 0) is 0 Å². The maximum Gasteiger partial charge on any atom is 0.274 e. The average Bonchev–Trinajstić information content (AvgIpc) is 2.56. The van der Waals surface area contributed by atoms with E-state index < -0.39 is 0 Å². The molecule has 0 saturated heterocycles. The molecule has 0 atom stereocenters. The van der Waals surface area contributed by atoms with Gasteiger partial charge >= 0.3 is 0 Å². The molecule has 0 radical (unpaired) electrons. The van der Waals surface area contributed by atoms with Crippen LogP contribution in [-0.4, -0.2) is 23.3 Å². The molecule has 0 aliphatic rings. The minimum Gasteiger partial charge on any atom is -0.347 e. The van der Waals surface area contributed by atoms with E-state index >= 15 is 0 Å². The molecule has 0 saturated carbocycles. The van der Waals surface area contributed by atoms with Crippen molar-refractivity contribution in [3.63, 3.8) is 0 Å². The molecule has 118 valence electrons. The van der Waals surface area contributed by atoms with Gasteiger partial charge in [0.25, 0.3) is 11.8 Å². The van der Waals surface area contributed by atoms with Crippen molar-refractivity contribution in [3.8, 4) is 0 Å². The van der Waals surface area contributed by atoms with Gasteiger partial charge in [0.15, 0.2) is 0 Å². The number of aromatic nitrogens is 1. The number of nitrogens with zero attached hydrogens (tertiary/aromatic N) is 1. The van der Waals surface area contributed by atoms with Crippen LogP contribution in [0.5, 0.6) is 0 Å². The third-order valence-electron chi connectivity index (χ3n) is 3.39. The quantitative estimate of drug-likeness (QED) is 0.834. The summed E-state index contributed by atoms with van der Waals surface area (Å²) in [5, 5.41) is 5.41. The summed E-state index contributed by atoms with van der Waals surface area (Å²) in [6, 6.07) is 10.4. The summed E-state index contributed by atoms with van der Waals surface area (Å²) in [5.74, 6) is -0.697. The molecule has 1 aromatic heterocycles. The van der Waals surface area contributed by atoms with E-state index in [-0.39, 0.29) is 23.2 Å². The number of hydrogen-bond acceptors (Lipinski definition) is 3. The summed E-state index contributed by atoms with van der Waals surface area (Å²) >= 11 is 0. The second kappa shape index (κ2) is 7.35. The number of carbonyl (C=O) groups excluding carboxylic acids is 2. The number of amides is 2. The van der Waals surface area contributed by atoms with Gasteiger partial charge in [0.1, 0.15) is 11.4 Å². The van der Waals surface area contributed by atoms with Crippen LogP contribution in [0.15, 0.2) is 49.1 Å². The van der Waals surface area contributed by atoms with Gasteiger partial charge in [-0.2, -0.15) is 0 Å². The summed E-state index contributed by atoms with van der Waals surface area (Å²) in [5.41, 5.74) is 3.32. The lowest BCUT2D eigenvalue weighted by Crippen LogP contribution is -2.25. The van der Waals surface area contributed by atoms with Crippen LogP contribution in [0.25, 0.3) is 0 Å². The molecule has 0 unspecified atom stereocenters. The predicted octanol–water partition coefficient (Wildman–Crippen LogP) is 2.87. The lowest BCUT2D eigenvalue weighted by molar-refractivity contribution is 0.0953. The number of pyridine rings is 1. The molecule has 2 N–H and O–H groups in total. The third kappa shape index (κ3) is 4.26. The fourth-order valence-corrected chi connectivity index (χ4v) is 1.96. The Hall–Kier alpha value is -2.95. The van der Waals surface area contributed by atoms with Crippen molar-refractivity contribution in [1.82, 2.24) is 10.3 Å². The van der Waals surface area contributed by atoms with Gasteiger partial charge in [-0.15, -0.1) is 6.58 Å². The molecule has 0 fully saturated rings. The number of benzene rings is 1. The third-order valence-corrected chi connectivity index (χ3v) is 3.39. The molecule has 0 aliphatic carbocycles. The smallest absolute Gasteiger partial charge is 0.274 e. The van der Waals surface area contributed by atoms with Crippen molar-refractivity contribution in [3.05, 3.63) is 71.6 Å². The predicted molar refractivity (Wildman–Crippen MR) is 90.6 cm³/mol. The molecule has 23 heavy (non-hydrogen) atoms. The normalized spacial score (nSPS) is 10.0. The zero-order chi connectivity index (χ0) is 16.8. The molecule has 0 bridgehead atoms. The molecule has 1 aromatic carbocycles. The van der Waals surface area contributed by atoms with Crippen molar-refractivity contribution in [2.24, 2.45) is 0 Å². The SMILES string of the molecule is C=CCNC(=O)c1cccc(C(=O)Nc2ccc(C)c(C)c2)n1. The van der Waals surface area contributed by atoms with Gasteiger partial charge in [-0.05, 0) is 49.2 Å². The van der Waals surface area contributed by atoms with Crippen LogP contribution < -0.4 is 10.6 Å². The van der Waals surface area contributed by atoms with Gasteiger partial charge in [-0.3, -0.25) is 9.59 Å². The number of rotatable bonds is 5. The maximum atomic E-state index is 12.3.